The summed E-state index contributed by atoms with van der Waals surface area (Å²) in [5, 5.41) is 12.0. The highest BCUT2D eigenvalue weighted by atomic mass is 15.3. The van der Waals surface area contributed by atoms with E-state index >= 15 is 0 Å². The minimum atomic E-state index is 0.486. The molecule has 0 amide bonds. The first-order valence-corrected chi connectivity index (χ1v) is 7.53. The summed E-state index contributed by atoms with van der Waals surface area (Å²) in [6, 6.07) is 1.35. The zero-order valence-corrected chi connectivity index (χ0v) is 11.9. The maximum absolute atomic E-state index is 4.61. The van der Waals surface area contributed by atoms with Gasteiger partial charge in [0.25, 0.3) is 0 Å². The number of rotatable bonds is 5. The van der Waals surface area contributed by atoms with Crippen LogP contribution in [0.15, 0.2) is 0 Å². The Balaban J connectivity index is 1.63. The highest BCUT2D eigenvalue weighted by Crippen LogP contribution is 2.30. The first kappa shape index (κ1) is 12.8. The van der Waals surface area contributed by atoms with Crippen LogP contribution in [-0.2, 0) is 12.8 Å². The van der Waals surface area contributed by atoms with Crippen LogP contribution in [0.3, 0.4) is 0 Å². The van der Waals surface area contributed by atoms with Gasteiger partial charge in [0.1, 0.15) is 0 Å². The molecule has 5 nitrogen and oxygen atoms in total. The molecule has 1 N–H and O–H groups in total. The summed E-state index contributed by atoms with van der Waals surface area (Å²) < 4.78 is 0. The average Bonchev–Trinajstić information content (AvgIpc) is 3.19. The molecule has 5 heteroatoms. The second-order valence-electron chi connectivity index (χ2n) is 5.59. The number of nitrogens with zero attached hydrogens (tertiary/aromatic N) is 4. The van der Waals surface area contributed by atoms with Gasteiger partial charge in [-0.1, -0.05) is 13.8 Å². The van der Waals surface area contributed by atoms with Gasteiger partial charge in [0, 0.05) is 25.2 Å². The molecule has 1 saturated heterocycles. The van der Waals surface area contributed by atoms with Crippen LogP contribution in [0.1, 0.15) is 44.5 Å². The molecule has 2 heterocycles. The van der Waals surface area contributed by atoms with Crippen LogP contribution in [0.2, 0.25) is 0 Å². The van der Waals surface area contributed by atoms with Crippen molar-refractivity contribution in [3.63, 3.8) is 0 Å². The second kappa shape index (κ2) is 5.41. The van der Waals surface area contributed by atoms with E-state index in [0.717, 1.165) is 36.8 Å². The monoisotopic (exact) mass is 261 g/mol. The molecule has 1 unspecified atom stereocenters. The van der Waals surface area contributed by atoms with Gasteiger partial charge >= 0.3 is 0 Å². The van der Waals surface area contributed by atoms with E-state index in [2.05, 4.69) is 39.2 Å². The van der Waals surface area contributed by atoms with Crippen molar-refractivity contribution in [2.24, 2.45) is 0 Å². The van der Waals surface area contributed by atoms with Gasteiger partial charge in [-0.15, -0.1) is 5.10 Å². The predicted octanol–water partition coefficient (Wildman–Crippen LogP) is 1.64. The highest BCUT2D eigenvalue weighted by molar-refractivity contribution is 5.28. The lowest BCUT2D eigenvalue weighted by Gasteiger charge is -2.16. The normalized spacial score (nSPS) is 23.8. The number of aromatic nitrogens is 3. The summed E-state index contributed by atoms with van der Waals surface area (Å²) in [6.45, 7) is 6.56. The Kier molecular flexibility index (Phi) is 3.64. The maximum Gasteiger partial charge on any atom is 0.243 e. The summed E-state index contributed by atoms with van der Waals surface area (Å²) in [5.41, 5.74) is 2.11. The highest BCUT2D eigenvalue weighted by Gasteiger charge is 2.34. The lowest BCUT2D eigenvalue weighted by atomic mass is 10.2. The molecule has 2 aliphatic rings. The van der Waals surface area contributed by atoms with E-state index in [4.69, 9.17) is 0 Å². The van der Waals surface area contributed by atoms with Gasteiger partial charge in [0.05, 0.1) is 11.4 Å². The first-order chi connectivity index (χ1) is 9.30. The van der Waals surface area contributed by atoms with Gasteiger partial charge in [-0.05, 0) is 32.1 Å². The molecule has 104 valence electrons. The number of anilines is 1. The molecule has 0 bridgehead atoms. The van der Waals surface area contributed by atoms with Crippen LogP contribution >= 0.6 is 0 Å². The van der Waals surface area contributed by atoms with Crippen LogP contribution in [0.5, 0.6) is 0 Å². The van der Waals surface area contributed by atoms with E-state index in [1.54, 1.807) is 0 Å². The van der Waals surface area contributed by atoms with Gasteiger partial charge in [-0.2, -0.15) is 5.10 Å². The van der Waals surface area contributed by atoms with E-state index < -0.39 is 0 Å². The third-order valence-corrected chi connectivity index (χ3v) is 4.13. The molecule has 1 atom stereocenters. The van der Waals surface area contributed by atoms with Crippen molar-refractivity contribution < 1.29 is 0 Å². The molecule has 1 aliphatic heterocycles. The van der Waals surface area contributed by atoms with Crippen molar-refractivity contribution in [3.05, 3.63) is 11.4 Å². The van der Waals surface area contributed by atoms with E-state index in [9.17, 15) is 0 Å². The van der Waals surface area contributed by atoms with Gasteiger partial charge in [0.2, 0.25) is 5.95 Å². The molecular weight excluding hydrogens is 238 g/mol. The fraction of sp³-hybridized carbons (Fsp3) is 0.786. The first-order valence-electron chi connectivity index (χ1n) is 7.53. The zero-order chi connectivity index (χ0) is 13.2. The van der Waals surface area contributed by atoms with Crippen molar-refractivity contribution in [1.29, 1.82) is 0 Å². The van der Waals surface area contributed by atoms with Crippen LogP contribution in [0, 0.1) is 0 Å². The quantitative estimate of drug-likeness (QED) is 0.873. The number of hydrogen-bond donors (Lipinski definition) is 1. The Labute approximate surface area is 114 Å². The lowest BCUT2D eigenvalue weighted by Crippen LogP contribution is -2.28. The molecule has 2 fully saturated rings. The Hall–Kier alpha value is -1.23. The molecule has 1 aromatic rings. The molecule has 0 radical (unpaired) electrons. The van der Waals surface area contributed by atoms with Crippen LogP contribution in [-0.4, -0.2) is 45.3 Å². The van der Waals surface area contributed by atoms with Crippen LogP contribution < -0.4 is 5.32 Å². The van der Waals surface area contributed by atoms with Crippen LogP contribution in [0.4, 0.5) is 5.95 Å². The minimum absolute atomic E-state index is 0.486. The predicted molar refractivity (Wildman–Crippen MR) is 75.2 cm³/mol. The molecule has 0 spiro atoms. The van der Waals surface area contributed by atoms with E-state index in [1.807, 2.05) is 0 Å². The number of likely N-dealkylation sites (tertiary alicyclic amines) is 1. The van der Waals surface area contributed by atoms with E-state index in [0.29, 0.717) is 12.0 Å². The van der Waals surface area contributed by atoms with Crippen LogP contribution in [0.25, 0.3) is 0 Å². The Bertz CT molecular complexity index is 443. The third-order valence-electron chi connectivity index (χ3n) is 4.13. The molecule has 19 heavy (non-hydrogen) atoms. The largest absolute Gasteiger partial charge is 0.349 e. The van der Waals surface area contributed by atoms with Gasteiger partial charge < -0.3 is 5.32 Å². The molecule has 1 aromatic heterocycles. The third kappa shape index (κ3) is 2.86. The number of nitrogens with one attached hydrogen (secondary N) is 1. The van der Waals surface area contributed by atoms with Gasteiger partial charge in [0.15, 0.2) is 0 Å². The summed E-state index contributed by atoms with van der Waals surface area (Å²) in [5.74, 6) is 0.705. The second-order valence-corrected chi connectivity index (χ2v) is 5.59. The molecule has 0 aromatic carbocycles. The van der Waals surface area contributed by atoms with E-state index in [-0.39, 0.29) is 0 Å². The smallest absolute Gasteiger partial charge is 0.243 e. The number of aryl methyl sites for hydroxylation is 2. The van der Waals surface area contributed by atoms with Gasteiger partial charge in [-0.3, -0.25) is 4.90 Å². The Morgan fingerprint density at radius 3 is 2.58 bits per heavy atom. The average molecular weight is 261 g/mol. The van der Waals surface area contributed by atoms with E-state index in [1.165, 1.54) is 25.8 Å². The standard InChI is InChI=1S/C14H23N5/c1-3-12-13(4-2)17-18-14(16-12)15-10-7-8-19(9-10)11-5-6-11/h10-11H,3-9H2,1-2H3,(H,15,16,18). The summed E-state index contributed by atoms with van der Waals surface area (Å²) >= 11 is 0. The molecule has 3 rings (SSSR count). The molecule has 1 aliphatic carbocycles. The fourth-order valence-electron chi connectivity index (χ4n) is 2.86. The Morgan fingerprint density at radius 2 is 1.89 bits per heavy atom. The Morgan fingerprint density at radius 1 is 1.11 bits per heavy atom. The summed E-state index contributed by atoms with van der Waals surface area (Å²) in [4.78, 5) is 7.20. The van der Waals surface area contributed by atoms with Crippen molar-refractivity contribution in [1.82, 2.24) is 20.1 Å². The SMILES string of the molecule is CCc1nnc(NC2CCN(C3CC3)C2)nc1CC. The van der Waals surface area contributed by atoms with Crippen molar-refractivity contribution in [2.45, 2.75) is 58.0 Å². The maximum atomic E-state index is 4.61. The lowest BCUT2D eigenvalue weighted by molar-refractivity contribution is 0.326. The minimum Gasteiger partial charge on any atom is -0.349 e. The van der Waals surface area contributed by atoms with Crippen molar-refractivity contribution in [2.75, 3.05) is 18.4 Å². The molecular formula is C14H23N5. The van der Waals surface area contributed by atoms with Crippen molar-refractivity contribution in [3.8, 4) is 0 Å². The van der Waals surface area contributed by atoms with Crippen molar-refractivity contribution >= 4 is 5.95 Å². The molecule has 1 saturated carbocycles. The zero-order valence-electron chi connectivity index (χ0n) is 11.9. The summed E-state index contributed by atoms with van der Waals surface area (Å²) in [6.07, 6.45) is 5.79. The topological polar surface area (TPSA) is 53.9 Å². The van der Waals surface area contributed by atoms with Gasteiger partial charge in [-0.25, -0.2) is 4.98 Å². The number of hydrogen-bond acceptors (Lipinski definition) is 5. The fourth-order valence-corrected chi connectivity index (χ4v) is 2.86. The summed E-state index contributed by atoms with van der Waals surface area (Å²) in [7, 11) is 0.